The van der Waals surface area contributed by atoms with Crippen LogP contribution in [0.15, 0.2) is 73.2 Å². The molecule has 3 heterocycles. The second kappa shape index (κ2) is 9.70. The van der Waals surface area contributed by atoms with Crippen LogP contribution in [0.1, 0.15) is 46.3 Å². The normalized spacial score (nSPS) is 15.4. The van der Waals surface area contributed by atoms with E-state index in [2.05, 4.69) is 26.7 Å². The standard InChI is InChI=1S/C28H30N6O/c1-20-29-15-17-33(20)19-22-12-7-8-13-23(22)27(35)34-16-9-14-25(34)26-24(21-10-5-4-6-11-21)18-30-28(31-26)32(2)3/h4-8,10-13,15,17-18,25H,9,14,16,19H2,1-3H3/t25-/m0/s1. The summed E-state index contributed by atoms with van der Waals surface area (Å²) < 4.78 is 2.06. The third-order valence-corrected chi connectivity index (χ3v) is 6.63. The first-order valence-corrected chi connectivity index (χ1v) is 12.0. The third-order valence-electron chi connectivity index (χ3n) is 6.63. The van der Waals surface area contributed by atoms with Crippen molar-refractivity contribution in [3.63, 3.8) is 0 Å². The van der Waals surface area contributed by atoms with Gasteiger partial charge in [0, 0.05) is 56.9 Å². The summed E-state index contributed by atoms with van der Waals surface area (Å²) in [6.45, 7) is 3.29. The molecular formula is C28H30N6O. The Kier molecular flexibility index (Phi) is 6.31. The van der Waals surface area contributed by atoms with Crippen LogP contribution in [0.2, 0.25) is 0 Å². The van der Waals surface area contributed by atoms with Gasteiger partial charge in [-0.3, -0.25) is 4.79 Å². The number of carbonyl (C=O) groups is 1. The highest BCUT2D eigenvalue weighted by Gasteiger charge is 2.34. The van der Waals surface area contributed by atoms with Crippen LogP contribution in [0.4, 0.5) is 5.95 Å². The number of hydrogen-bond acceptors (Lipinski definition) is 5. The lowest BCUT2D eigenvalue weighted by Crippen LogP contribution is -2.32. The van der Waals surface area contributed by atoms with Crippen molar-refractivity contribution in [2.45, 2.75) is 32.4 Å². The number of anilines is 1. The fourth-order valence-corrected chi connectivity index (χ4v) is 4.76. The molecule has 1 aliphatic heterocycles. The molecule has 2 aromatic heterocycles. The van der Waals surface area contributed by atoms with Gasteiger partial charge < -0.3 is 14.4 Å². The molecule has 1 saturated heterocycles. The molecule has 0 aliphatic carbocycles. The monoisotopic (exact) mass is 466 g/mol. The van der Waals surface area contributed by atoms with Crippen molar-refractivity contribution < 1.29 is 4.79 Å². The van der Waals surface area contributed by atoms with E-state index in [1.54, 1.807) is 6.20 Å². The first kappa shape index (κ1) is 22.8. The van der Waals surface area contributed by atoms with Crippen molar-refractivity contribution in [3.8, 4) is 11.1 Å². The fourth-order valence-electron chi connectivity index (χ4n) is 4.76. The molecule has 0 unspecified atom stereocenters. The highest BCUT2D eigenvalue weighted by molar-refractivity contribution is 5.96. The van der Waals surface area contributed by atoms with Gasteiger partial charge in [-0.1, -0.05) is 48.5 Å². The molecule has 7 heteroatoms. The first-order valence-electron chi connectivity index (χ1n) is 12.0. The highest BCUT2D eigenvalue weighted by Crippen LogP contribution is 2.38. The van der Waals surface area contributed by atoms with Gasteiger partial charge in [0.2, 0.25) is 5.95 Å². The van der Waals surface area contributed by atoms with Gasteiger partial charge in [-0.25, -0.2) is 15.0 Å². The van der Waals surface area contributed by atoms with Crippen LogP contribution >= 0.6 is 0 Å². The maximum atomic E-state index is 14.0. The molecule has 1 atom stereocenters. The lowest BCUT2D eigenvalue weighted by molar-refractivity contribution is 0.0732. The van der Waals surface area contributed by atoms with Gasteiger partial charge in [0.25, 0.3) is 5.91 Å². The average Bonchev–Trinajstić information content (AvgIpc) is 3.53. The van der Waals surface area contributed by atoms with Crippen molar-refractivity contribution in [1.82, 2.24) is 24.4 Å². The van der Waals surface area contributed by atoms with Crippen molar-refractivity contribution in [2.75, 3.05) is 25.5 Å². The summed E-state index contributed by atoms with van der Waals surface area (Å²) in [5.74, 6) is 1.62. The minimum Gasteiger partial charge on any atom is -0.347 e. The largest absolute Gasteiger partial charge is 0.347 e. The van der Waals surface area contributed by atoms with Crippen LogP contribution in [-0.2, 0) is 6.54 Å². The molecule has 178 valence electrons. The van der Waals surface area contributed by atoms with Crippen LogP contribution in [-0.4, -0.2) is 51.0 Å². The van der Waals surface area contributed by atoms with E-state index in [0.29, 0.717) is 19.0 Å². The number of rotatable bonds is 6. The summed E-state index contributed by atoms with van der Waals surface area (Å²) >= 11 is 0. The van der Waals surface area contributed by atoms with Crippen LogP contribution < -0.4 is 4.90 Å². The van der Waals surface area contributed by atoms with E-state index in [-0.39, 0.29) is 11.9 Å². The smallest absolute Gasteiger partial charge is 0.254 e. The van der Waals surface area contributed by atoms with Gasteiger partial charge in [0.15, 0.2) is 0 Å². The van der Waals surface area contributed by atoms with Crippen molar-refractivity contribution in [3.05, 3.63) is 95.8 Å². The molecule has 4 aromatic rings. The van der Waals surface area contributed by atoms with Gasteiger partial charge in [-0.05, 0) is 37.0 Å². The van der Waals surface area contributed by atoms with Crippen LogP contribution in [0.3, 0.4) is 0 Å². The summed E-state index contributed by atoms with van der Waals surface area (Å²) in [6, 6.07) is 18.0. The molecule has 35 heavy (non-hydrogen) atoms. The third kappa shape index (κ3) is 4.54. The second-order valence-corrected chi connectivity index (χ2v) is 9.15. The van der Waals surface area contributed by atoms with E-state index in [9.17, 15) is 4.79 Å². The molecule has 2 aromatic carbocycles. The predicted octanol–water partition coefficient (Wildman–Crippen LogP) is 4.74. The zero-order chi connectivity index (χ0) is 24.4. The minimum absolute atomic E-state index is 0.0462. The Morgan fingerprint density at radius 3 is 2.57 bits per heavy atom. The highest BCUT2D eigenvalue weighted by atomic mass is 16.2. The van der Waals surface area contributed by atoms with E-state index in [1.807, 2.05) is 85.7 Å². The number of likely N-dealkylation sites (tertiary alicyclic amines) is 1. The topological polar surface area (TPSA) is 67.2 Å². The molecule has 5 rings (SSSR count). The molecule has 0 N–H and O–H groups in total. The molecule has 0 bridgehead atoms. The molecule has 7 nitrogen and oxygen atoms in total. The maximum Gasteiger partial charge on any atom is 0.254 e. The molecule has 0 radical (unpaired) electrons. The zero-order valence-corrected chi connectivity index (χ0v) is 20.4. The van der Waals surface area contributed by atoms with E-state index < -0.39 is 0 Å². The SMILES string of the molecule is Cc1nccn1Cc1ccccc1C(=O)N1CCC[C@H]1c1nc(N(C)C)ncc1-c1ccccc1. The van der Waals surface area contributed by atoms with Gasteiger partial charge in [-0.15, -0.1) is 0 Å². The number of carbonyl (C=O) groups excluding carboxylic acids is 1. The summed E-state index contributed by atoms with van der Waals surface area (Å²) in [5, 5.41) is 0. The van der Waals surface area contributed by atoms with Crippen LogP contribution in [0.25, 0.3) is 11.1 Å². The molecule has 1 aliphatic rings. The van der Waals surface area contributed by atoms with Crippen molar-refractivity contribution >= 4 is 11.9 Å². The predicted molar refractivity (Wildman–Crippen MR) is 137 cm³/mol. The Morgan fingerprint density at radius 1 is 1.06 bits per heavy atom. The van der Waals surface area contributed by atoms with E-state index in [0.717, 1.165) is 46.6 Å². The van der Waals surface area contributed by atoms with Crippen LogP contribution in [0.5, 0.6) is 0 Å². The van der Waals surface area contributed by atoms with E-state index in [1.165, 1.54) is 0 Å². The molecular weight excluding hydrogens is 436 g/mol. The summed E-state index contributed by atoms with van der Waals surface area (Å²) in [6.07, 6.45) is 7.45. The summed E-state index contributed by atoms with van der Waals surface area (Å²) in [4.78, 5) is 31.7. The number of aromatic nitrogens is 4. The van der Waals surface area contributed by atoms with Crippen molar-refractivity contribution in [1.29, 1.82) is 0 Å². The maximum absolute atomic E-state index is 14.0. The van der Waals surface area contributed by atoms with E-state index in [4.69, 9.17) is 4.98 Å². The number of hydrogen-bond donors (Lipinski definition) is 0. The van der Waals surface area contributed by atoms with Gasteiger partial charge >= 0.3 is 0 Å². The molecule has 1 fully saturated rings. The Hall–Kier alpha value is -4.00. The minimum atomic E-state index is -0.109. The fraction of sp³-hybridized carbons (Fsp3) is 0.286. The number of nitrogens with zero attached hydrogens (tertiary/aromatic N) is 6. The Labute approximate surface area is 206 Å². The molecule has 0 spiro atoms. The van der Waals surface area contributed by atoms with E-state index >= 15 is 0 Å². The zero-order valence-electron chi connectivity index (χ0n) is 20.4. The Morgan fingerprint density at radius 2 is 1.83 bits per heavy atom. The van der Waals surface area contributed by atoms with Gasteiger partial charge in [-0.2, -0.15) is 0 Å². The molecule has 1 amide bonds. The lowest BCUT2D eigenvalue weighted by atomic mass is 9.99. The lowest BCUT2D eigenvalue weighted by Gasteiger charge is -2.27. The average molecular weight is 467 g/mol. The van der Waals surface area contributed by atoms with Crippen molar-refractivity contribution in [2.24, 2.45) is 0 Å². The number of aryl methyl sites for hydroxylation is 1. The van der Waals surface area contributed by atoms with Crippen LogP contribution in [0, 0.1) is 6.92 Å². The number of amides is 1. The van der Waals surface area contributed by atoms with Gasteiger partial charge in [0.1, 0.15) is 5.82 Å². The Bertz CT molecular complexity index is 1330. The quantitative estimate of drug-likeness (QED) is 0.411. The molecule has 0 saturated carbocycles. The summed E-state index contributed by atoms with van der Waals surface area (Å²) in [5.41, 5.74) is 4.66. The van der Waals surface area contributed by atoms with Gasteiger partial charge in [0.05, 0.1) is 11.7 Å². The number of benzene rings is 2. The summed E-state index contributed by atoms with van der Waals surface area (Å²) in [7, 11) is 3.88. The second-order valence-electron chi connectivity index (χ2n) is 9.15. The number of imidazole rings is 1. The Balaban J connectivity index is 1.53. The first-order chi connectivity index (χ1) is 17.0.